The fourth-order valence-corrected chi connectivity index (χ4v) is 3.86. The molecule has 0 aliphatic rings. The molecule has 0 unspecified atom stereocenters. The topological polar surface area (TPSA) is 79.8 Å². The molecule has 2 amide bonds. The number of hydrogen-bond acceptors (Lipinski definition) is 4. The van der Waals surface area contributed by atoms with Gasteiger partial charge in [0.05, 0.1) is 25.3 Å². The molecule has 0 aliphatic heterocycles. The highest BCUT2D eigenvalue weighted by Crippen LogP contribution is 2.26. The molecule has 0 bridgehead atoms. The van der Waals surface area contributed by atoms with Crippen LogP contribution in [0.3, 0.4) is 0 Å². The van der Waals surface area contributed by atoms with Gasteiger partial charge in [0.2, 0.25) is 5.91 Å². The van der Waals surface area contributed by atoms with E-state index in [2.05, 4.69) is 15.8 Å². The van der Waals surface area contributed by atoms with Gasteiger partial charge in [0.15, 0.2) is 0 Å². The predicted octanol–water partition coefficient (Wildman–Crippen LogP) is 5.25. The summed E-state index contributed by atoms with van der Waals surface area (Å²) >= 11 is 0. The van der Waals surface area contributed by atoms with Crippen LogP contribution in [0.15, 0.2) is 102 Å². The van der Waals surface area contributed by atoms with Gasteiger partial charge < -0.3 is 10.1 Å². The number of carbonyl (C=O) groups is 2. The summed E-state index contributed by atoms with van der Waals surface area (Å²) < 4.78 is 5.76. The van der Waals surface area contributed by atoms with Crippen molar-refractivity contribution >= 4 is 28.8 Å². The van der Waals surface area contributed by atoms with E-state index in [0.717, 1.165) is 21.9 Å². The molecule has 0 aromatic heterocycles. The standard InChI is InChI=1S/C29H27N3O3/c1-2-35-27-18-17-21-11-9-10-16-24(21)25(27)20-30-32-28(33)19-26(22-12-5-3-6-13-22)31-29(34)23-14-7-4-8-15-23/h3-18,20,26H,2,19H2,1H3,(H,31,34)(H,32,33)/b30-20-/t26-/m0/s1. The normalized spacial score (nSPS) is 11.8. The van der Waals surface area contributed by atoms with Gasteiger partial charge in [-0.1, -0.05) is 78.9 Å². The Labute approximate surface area is 204 Å². The molecule has 0 heterocycles. The zero-order valence-electron chi connectivity index (χ0n) is 19.5. The minimum Gasteiger partial charge on any atom is -0.493 e. The molecule has 4 aromatic rings. The maximum Gasteiger partial charge on any atom is 0.251 e. The number of amides is 2. The number of ether oxygens (including phenoxy) is 1. The van der Waals surface area contributed by atoms with E-state index < -0.39 is 6.04 Å². The van der Waals surface area contributed by atoms with Gasteiger partial charge in [0, 0.05) is 11.1 Å². The number of nitrogens with zero attached hydrogens (tertiary/aromatic N) is 1. The van der Waals surface area contributed by atoms with Crippen LogP contribution in [0.25, 0.3) is 10.8 Å². The first-order valence-electron chi connectivity index (χ1n) is 11.5. The van der Waals surface area contributed by atoms with Crippen LogP contribution < -0.4 is 15.5 Å². The second-order valence-corrected chi connectivity index (χ2v) is 7.93. The van der Waals surface area contributed by atoms with Crippen molar-refractivity contribution in [3.05, 3.63) is 114 Å². The van der Waals surface area contributed by atoms with E-state index in [0.29, 0.717) is 17.9 Å². The molecule has 0 saturated carbocycles. The van der Waals surface area contributed by atoms with Crippen molar-refractivity contribution in [1.29, 1.82) is 0 Å². The van der Waals surface area contributed by atoms with Crippen LogP contribution in [0, 0.1) is 0 Å². The number of hydrogen-bond donors (Lipinski definition) is 2. The SMILES string of the molecule is CCOc1ccc2ccccc2c1/C=N\NC(=O)C[C@H](NC(=O)c1ccccc1)c1ccccc1. The third-order valence-corrected chi connectivity index (χ3v) is 5.55. The summed E-state index contributed by atoms with van der Waals surface area (Å²) in [5.41, 5.74) is 4.77. The van der Waals surface area contributed by atoms with E-state index in [1.54, 1.807) is 30.5 Å². The average molecular weight is 466 g/mol. The van der Waals surface area contributed by atoms with E-state index in [-0.39, 0.29) is 18.2 Å². The molecule has 0 saturated heterocycles. The zero-order valence-corrected chi connectivity index (χ0v) is 19.5. The van der Waals surface area contributed by atoms with Crippen LogP contribution in [0.5, 0.6) is 5.75 Å². The number of nitrogens with one attached hydrogen (secondary N) is 2. The van der Waals surface area contributed by atoms with Gasteiger partial charge in [-0.05, 0) is 41.5 Å². The van der Waals surface area contributed by atoms with Crippen molar-refractivity contribution in [1.82, 2.24) is 10.7 Å². The third kappa shape index (κ3) is 6.12. The lowest BCUT2D eigenvalue weighted by Crippen LogP contribution is -2.32. The summed E-state index contributed by atoms with van der Waals surface area (Å²) in [4.78, 5) is 25.5. The molecule has 2 N–H and O–H groups in total. The molecule has 0 aliphatic carbocycles. The maximum atomic E-state index is 12.8. The summed E-state index contributed by atoms with van der Waals surface area (Å²) in [5, 5.41) is 9.20. The summed E-state index contributed by atoms with van der Waals surface area (Å²) in [7, 11) is 0. The molecule has 1 atom stereocenters. The van der Waals surface area contributed by atoms with Crippen LogP contribution in [0.4, 0.5) is 0 Å². The highest BCUT2D eigenvalue weighted by atomic mass is 16.5. The molecular formula is C29H27N3O3. The van der Waals surface area contributed by atoms with Crippen LogP contribution >= 0.6 is 0 Å². The van der Waals surface area contributed by atoms with Gasteiger partial charge in [-0.2, -0.15) is 5.10 Å². The van der Waals surface area contributed by atoms with Gasteiger partial charge in [0.1, 0.15) is 5.75 Å². The Morgan fingerprint density at radius 1 is 0.886 bits per heavy atom. The first-order valence-corrected chi connectivity index (χ1v) is 11.5. The molecule has 176 valence electrons. The van der Waals surface area contributed by atoms with Crippen molar-refractivity contribution in [2.45, 2.75) is 19.4 Å². The maximum absolute atomic E-state index is 12.8. The Bertz CT molecular complexity index is 1320. The highest BCUT2D eigenvalue weighted by molar-refractivity contribution is 6.02. The quantitative estimate of drug-likeness (QED) is 0.262. The Morgan fingerprint density at radius 3 is 2.31 bits per heavy atom. The predicted molar refractivity (Wildman–Crippen MR) is 139 cm³/mol. The fourth-order valence-electron chi connectivity index (χ4n) is 3.86. The largest absolute Gasteiger partial charge is 0.493 e. The fraction of sp³-hybridized carbons (Fsp3) is 0.138. The van der Waals surface area contributed by atoms with Gasteiger partial charge in [0.25, 0.3) is 5.91 Å². The number of benzene rings is 4. The number of rotatable bonds is 9. The molecule has 6 nitrogen and oxygen atoms in total. The minimum atomic E-state index is -0.504. The number of fused-ring (bicyclic) bond motifs is 1. The van der Waals surface area contributed by atoms with Crippen molar-refractivity contribution < 1.29 is 14.3 Å². The van der Waals surface area contributed by atoms with Gasteiger partial charge >= 0.3 is 0 Å². The average Bonchev–Trinajstić information content (AvgIpc) is 2.90. The lowest BCUT2D eigenvalue weighted by atomic mass is 10.0. The van der Waals surface area contributed by atoms with Crippen molar-refractivity contribution in [3.8, 4) is 5.75 Å². The number of carbonyl (C=O) groups excluding carboxylic acids is 2. The molecule has 0 radical (unpaired) electrons. The first-order chi connectivity index (χ1) is 17.2. The van der Waals surface area contributed by atoms with Crippen LogP contribution in [0.2, 0.25) is 0 Å². The highest BCUT2D eigenvalue weighted by Gasteiger charge is 2.19. The lowest BCUT2D eigenvalue weighted by molar-refractivity contribution is -0.121. The Morgan fingerprint density at radius 2 is 1.57 bits per heavy atom. The van der Waals surface area contributed by atoms with Crippen molar-refractivity contribution in [3.63, 3.8) is 0 Å². The summed E-state index contributed by atoms with van der Waals surface area (Å²) in [6, 6.07) is 29.7. The van der Waals surface area contributed by atoms with Gasteiger partial charge in [-0.15, -0.1) is 0 Å². The monoisotopic (exact) mass is 465 g/mol. The number of hydrazone groups is 1. The minimum absolute atomic E-state index is 0.0355. The van der Waals surface area contributed by atoms with Gasteiger partial charge in [-0.3, -0.25) is 9.59 Å². The van der Waals surface area contributed by atoms with Crippen LogP contribution in [-0.2, 0) is 4.79 Å². The Balaban J connectivity index is 1.49. The molecule has 0 spiro atoms. The second kappa shape index (κ2) is 11.6. The lowest BCUT2D eigenvalue weighted by Gasteiger charge is -2.18. The van der Waals surface area contributed by atoms with Gasteiger partial charge in [-0.25, -0.2) is 5.43 Å². The van der Waals surface area contributed by atoms with E-state index in [1.807, 2.05) is 79.7 Å². The smallest absolute Gasteiger partial charge is 0.251 e. The van der Waals surface area contributed by atoms with Crippen LogP contribution in [-0.4, -0.2) is 24.6 Å². The summed E-state index contributed by atoms with van der Waals surface area (Å²) in [6.45, 7) is 2.44. The van der Waals surface area contributed by atoms with E-state index in [1.165, 1.54) is 0 Å². The molecule has 4 aromatic carbocycles. The zero-order chi connectivity index (χ0) is 24.5. The molecule has 4 rings (SSSR count). The van der Waals surface area contributed by atoms with Crippen LogP contribution in [0.1, 0.15) is 40.9 Å². The first kappa shape index (κ1) is 23.7. The Kier molecular flexibility index (Phi) is 7.86. The van der Waals surface area contributed by atoms with Crippen molar-refractivity contribution in [2.75, 3.05) is 6.61 Å². The van der Waals surface area contributed by atoms with Crippen molar-refractivity contribution in [2.24, 2.45) is 5.10 Å². The summed E-state index contributed by atoms with van der Waals surface area (Å²) in [6.07, 6.45) is 1.64. The van der Waals surface area contributed by atoms with E-state index in [4.69, 9.17) is 4.74 Å². The van der Waals surface area contributed by atoms with E-state index >= 15 is 0 Å². The van der Waals surface area contributed by atoms with E-state index in [9.17, 15) is 9.59 Å². The third-order valence-electron chi connectivity index (χ3n) is 5.55. The Hall–Kier alpha value is -4.45. The molecule has 6 heteroatoms. The summed E-state index contributed by atoms with van der Waals surface area (Å²) in [5.74, 6) is 0.135. The molecule has 35 heavy (non-hydrogen) atoms. The second-order valence-electron chi connectivity index (χ2n) is 7.93. The molecule has 0 fully saturated rings. The molecular weight excluding hydrogens is 438 g/mol.